The average molecular weight is 341 g/mol. The Bertz CT molecular complexity index is 682. The van der Waals surface area contributed by atoms with Crippen LogP contribution >= 0.6 is 0 Å². The molecule has 0 heterocycles. The van der Waals surface area contributed by atoms with Crippen molar-refractivity contribution in [2.75, 3.05) is 12.0 Å². The van der Waals surface area contributed by atoms with Crippen molar-refractivity contribution in [1.29, 1.82) is 0 Å². The lowest BCUT2D eigenvalue weighted by Gasteiger charge is -2.06. The van der Waals surface area contributed by atoms with Gasteiger partial charge in [0.1, 0.15) is 5.75 Å². The van der Waals surface area contributed by atoms with Crippen molar-refractivity contribution >= 4 is 17.6 Å². The van der Waals surface area contributed by atoms with Gasteiger partial charge in [-0.2, -0.15) is 5.10 Å². The predicted molar refractivity (Wildman–Crippen MR) is 100 cm³/mol. The fraction of sp³-hybridized carbons (Fsp3) is 0.316. The molecule has 0 aliphatic heterocycles. The van der Waals surface area contributed by atoms with Gasteiger partial charge in [0.15, 0.2) is 0 Å². The van der Waals surface area contributed by atoms with Crippen LogP contribution in [0.2, 0.25) is 0 Å². The molecule has 6 heteroatoms. The maximum absolute atomic E-state index is 10.6. The van der Waals surface area contributed by atoms with E-state index in [0.717, 1.165) is 24.3 Å². The number of benzene rings is 2. The molecule has 0 atom stereocenters. The zero-order chi connectivity index (χ0) is 17.9. The first-order valence-corrected chi connectivity index (χ1v) is 8.45. The Morgan fingerprint density at radius 2 is 1.80 bits per heavy atom. The van der Waals surface area contributed by atoms with E-state index in [2.05, 4.69) is 17.5 Å². The summed E-state index contributed by atoms with van der Waals surface area (Å²) in [6, 6.07) is 13.8. The van der Waals surface area contributed by atoms with E-state index in [1.54, 1.807) is 18.3 Å². The summed E-state index contributed by atoms with van der Waals surface area (Å²) in [5, 5.41) is 14.7. The van der Waals surface area contributed by atoms with E-state index in [1.165, 1.54) is 31.4 Å². The monoisotopic (exact) mass is 341 g/mol. The molecule has 2 aromatic rings. The van der Waals surface area contributed by atoms with Crippen LogP contribution in [-0.4, -0.2) is 17.7 Å². The largest absolute Gasteiger partial charge is 0.494 e. The topological polar surface area (TPSA) is 76.8 Å². The van der Waals surface area contributed by atoms with Crippen molar-refractivity contribution < 1.29 is 9.66 Å². The first kappa shape index (κ1) is 18.4. The number of nitro benzene ring substituents is 1. The quantitative estimate of drug-likeness (QED) is 0.285. The summed E-state index contributed by atoms with van der Waals surface area (Å²) < 4.78 is 5.70. The van der Waals surface area contributed by atoms with E-state index < -0.39 is 4.92 Å². The molecule has 0 spiro atoms. The highest BCUT2D eigenvalue weighted by molar-refractivity contribution is 5.80. The number of nitrogens with zero attached hydrogens (tertiary/aromatic N) is 2. The Balaban J connectivity index is 1.78. The standard InChI is InChI=1S/C19H23N3O3/c1-2-3-4-5-14-25-19-12-6-16(7-13-19)15-20-21-17-8-10-18(11-9-17)22(23)24/h6-13,15,21H,2-5,14H2,1H3/b20-15+. The number of anilines is 1. The van der Waals surface area contributed by atoms with Crippen LogP contribution in [0.4, 0.5) is 11.4 Å². The third-order valence-electron chi connectivity index (χ3n) is 3.63. The molecular formula is C19H23N3O3. The molecule has 0 fully saturated rings. The maximum Gasteiger partial charge on any atom is 0.269 e. The summed E-state index contributed by atoms with van der Waals surface area (Å²) >= 11 is 0. The number of rotatable bonds is 10. The Kier molecular flexibility index (Phi) is 7.43. The molecule has 0 aliphatic rings. The van der Waals surface area contributed by atoms with Crippen molar-refractivity contribution in [2.24, 2.45) is 5.10 Å². The predicted octanol–water partition coefficient (Wildman–Crippen LogP) is 5.00. The number of hydrogen-bond donors (Lipinski definition) is 1. The van der Waals surface area contributed by atoms with Gasteiger partial charge in [0.25, 0.3) is 5.69 Å². The normalized spacial score (nSPS) is 10.8. The fourth-order valence-corrected chi connectivity index (χ4v) is 2.21. The Hall–Kier alpha value is -2.89. The van der Waals surface area contributed by atoms with Crippen molar-refractivity contribution in [1.82, 2.24) is 0 Å². The minimum absolute atomic E-state index is 0.0554. The second-order valence-corrected chi connectivity index (χ2v) is 5.65. The zero-order valence-corrected chi connectivity index (χ0v) is 14.4. The lowest BCUT2D eigenvalue weighted by atomic mass is 10.2. The summed E-state index contributed by atoms with van der Waals surface area (Å²) in [6.07, 6.45) is 6.45. The minimum Gasteiger partial charge on any atom is -0.494 e. The van der Waals surface area contributed by atoms with E-state index >= 15 is 0 Å². The first-order valence-electron chi connectivity index (χ1n) is 8.45. The molecular weight excluding hydrogens is 318 g/mol. The van der Waals surface area contributed by atoms with Crippen molar-refractivity contribution in [3.63, 3.8) is 0 Å². The smallest absolute Gasteiger partial charge is 0.269 e. The van der Waals surface area contributed by atoms with Gasteiger partial charge in [-0.05, 0) is 48.4 Å². The molecule has 0 amide bonds. The third-order valence-corrected chi connectivity index (χ3v) is 3.63. The number of ether oxygens (including phenoxy) is 1. The summed E-state index contributed by atoms with van der Waals surface area (Å²) in [5.41, 5.74) is 4.53. The van der Waals surface area contributed by atoms with Crippen LogP contribution in [-0.2, 0) is 0 Å². The fourth-order valence-electron chi connectivity index (χ4n) is 2.21. The lowest BCUT2D eigenvalue weighted by molar-refractivity contribution is -0.384. The molecule has 2 aromatic carbocycles. The Labute approximate surface area is 147 Å². The molecule has 0 aromatic heterocycles. The average Bonchev–Trinajstić information content (AvgIpc) is 2.63. The molecule has 0 saturated carbocycles. The lowest BCUT2D eigenvalue weighted by Crippen LogP contribution is -1.97. The van der Waals surface area contributed by atoms with Gasteiger partial charge in [-0.25, -0.2) is 0 Å². The van der Waals surface area contributed by atoms with Crippen LogP contribution in [0.15, 0.2) is 53.6 Å². The van der Waals surface area contributed by atoms with Crippen molar-refractivity contribution in [2.45, 2.75) is 32.6 Å². The highest BCUT2D eigenvalue weighted by Crippen LogP contribution is 2.15. The van der Waals surface area contributed by atoms with Gasteiger partial charge >= 0.3 is 0 Å². The molecule has 2 rings (SSSR count). The maximum atomic E-state index is 10.6. The van der Waals surface area contributed by atoms with Crippen LogP contribution < -0.4 is 10.2 Å². The number of hydrazone groups is 1. The molecule has 0 bridgehead atoms. The van der Waals surface area contributed by atoms with Gasteiger partial charge < -0.3 is 4.74 Å². The van der Waals surface area contributed by atoms with Crippen LogP contribution in [0.25, 0.3) is 0 Å². The number of non-ortho nitro benzene ring substituents is 1. The molecule has 132 valence electrons. The van der Waals surface area contributed by atoms with E-state index in [4.69, 9.17) is 4.74 Å². The van der Waals surface area contributed by atoms with Gasteiger partial charge in [0.05, 0.1) is 23.4 Å². The number of unbranched alkanes of at least 4 members (excludes halogenated alkanes) is 3. The molecule has 0 saturated heterocycles. The number of nitro groups is 1. The molecule has 0 aliphatic carbocycles. The van der Waals surface area contributed by atoms with Gasteiger partial charge in [-0.3, -0.25) is 15.5 Å². The van der Waals surface area contributed by atoms with E-state index in [-0.39, 0.29) is 5.69 Å². The minimum atomic E-state index is -0.430. The molecule has 25 heavy (non-hydrogen) atoms. The number of hydrogen-bond acceptors (Lipinski definition) is 5. The van der Waals surface area contributed by atoms with E-state index in [9.17, 15) is 10.1 Å². The third kappa shape index (κ3) is 6.63. The number of nitrogens with one attached hydrogen (secondary N) is 1. The summed E-state index contributed by atoms with van der Waals surface area (Å²) in [7, 11) is 0. The van der Waals surface area contributed by atoms with Gasteiger partial charge in [0, 0.05) is 12.1 Å². The second kappa shape index (κ2) is 10.1. The van der Waals surface area contributed by atoms with Crippen LogP contribution in [0, 0.1) is 10.1 Å². The Morgan fingerprint density at radius 1 is 1.08 bits per heavy atom. The van der Waals surface area contributed by atoms with Gasteiger partial charge in [0.2, 0.25) is 0 Å². The highest BCUT2D eigenvalue weighted by Gasteiger charge is 2.02. The second-order valence-electron chi connectivity index (χ2n) is 5.65. The van der Waals surface area contributed by atoms with Crippen molar-refractivity contribution in [3.8, 4) is 5.75 Å². The van der Waals surface area contributed by atoms with Gasteiger partial charge in [-0.15, -0.1) is 0 Å². The van der Waals surface area contributed by atoms with Crippen LogP contribution in [0.3, 0.4) is 0 Å². The van der Waals surface area contributed by atoms with Gasteiger partial charge in [-0.1, -0.05) is 26.2 Å². The summed E-state index contributed by atoms with van der Waals surface area (Å²) in [5.74, 6) is 0.858. The van der Waals surface area contributed by atoms with Crippen LogP contribution in [0.5, 0.6) is 5.75 Å². The Morgan fingerprint density at radius 3 is 2.44 bits per heavy atom. The first-order chi connectivity index (χ1) is 12.2. The molecule has 0 radical (unpaired) electrons. The molecule has 1 N–H and O–H groups in total. The highest BCUT2D eigenvalue weighted by atomic mass is 16.6. The van der Waals surface area contributed by atoms with E-state index in [1.807, 2.05) is 24.3 Å². The molecule has 0 unspecified atom stereocenters. The summed E-state index contributed by atoms with van der Waals surface area (Å²) in [6.45, 7) is 2.94. The van der Waals surface area contributed by atoms with Crippen LogP contribution in [0.1, 0.15) is 38.2 Å². The van der Waals surface area contributed by atoms with Crippen molar-refractivity contribution in [3.05, 3.63) is 64.2 Å². The zero-order valence-electron chi connectivity index (χ0n) is 14.4. The molecule has 6 nitrogen and oxygen atoms in total. The SMILES string of the molecule is CCCCCCOc1ccc(/C=N/Nc2ccc([N+](=O)[O-])cc2)cc1. The van der Waals surface area contributed by atoms with E-state index in [0.29, 0.717) is 5.69 Å². The summed E-state index contributed by atoms with van der Waals surface area (Å²) in [4.78, 5) is 10.2.